The average molecular weight is 310 g/mol. The second-order valence-corrected chi connectivity index (χ2v) is 13.3. The molecule has 1 fully saturated rings. The Morgan fingerprint density at radius 2 is 1.67 bits per heavy atom. The van der Waals surface area contributed by atoms with E-state index in [0.717, 1.165) is 18.6 Å². The van der Waals surface area contributed by atoms with Crippen LogP contribution in [0.5, 0.6) is 0 Å². The Morgan fingerprint density at radius 3 is 2.14 bits per heavy atom. The average Bonchev–Trinajstić information content (AvgIpc) is 2.37. The highest BCUT2D eigenvalue weighted by atomic mass is 28.3. The third-order valence-corrected chi connectivity index (χ3v) is 9.90. The largest absolute Gasteiger partial charge is 0.369 e. The fraction of sp³-hybridized carbons (Fsp3) is 0.889. The van der Waals surface area contributed by atoms with Gasteiger partial charge in [0.2, 0.25) is 0 Å². The van der Waals surface area contributed by atoms with Crippen LogP contribution < -0.4 is 0 Å². The number of hydrogen-bond acceptors (Lipinski definition) is 2. The zero-order valence-corrected chi connectivity index (χ0v) is 16.3. The van der Waals surface area contributed by atoms with Crippen molar-refractivity contribution in [3.8, 4) is 11.5 Å². The fourth-order valence-electron chi connectivity index (χ4n) is 2.55. The predicted molar refractivity (Wildman–Crippen MR) is 95.2 cm³/mol. The van der Waals surface area contributed by atoms with Crippen molar-refractivity contribution in [1.29, 1.82) is 0 Å². The van der Waals surface area contributed by atoms with Crippen LogP contribution in [-0.2, 0) is 4.74 Å². The maximum absolute atomic E-state index is 5.81. The molecule has 1 aliphatic carbocycles. The lowest BCUT2D eigenvalue weighted by Crippen LogP contribution is -2.35. The topological polar surface area (TPSA) is 12.5 Å². The van der Waals surface area contributed by atoms with E-state index in [1.54, 1.807) is 0 Å². The van der Waals surface area contributed by atoms with Gasteiger partial charge in [-0.15, -0.1) is 5.54 Å². The van der Waals surface area contributed by atoms with Crippen LogP contribution in [0, 0.1) is 17.4 Å². The minimum Gasteiger partial charge on any atom is -0.369 e. The van der Waals surface area contributed by atoms with Crippen molar-refractivity contribution >= 4 is 8.07 Å². The minimum absolute atomic E-state index is 0.338. The van der Waals surface area contributed by atoms with Crippen molar-refractivity contribution in [2.75, 3.05) is 27.3 Å². The van der Waals surface area contributed by atoms with Crippen molar-refractivity contribution in [3.63, 3.8) is 0 Å². The quantitative estimate of drug-likeness (QED) is 0.439. The van der Waals surface area contributed by atoms with Crippen LogP contribution in [0.25, 0.3) is 0 Å². The van der Waals surface area contributed by atoms with E-state index >= 15 is 0 Å². The molecular formula is C18H35NOSi. The predicted octanol–water partition coefficient (Wildman–Crippen LogP) is 4.17. The highest BCUT2D eigenvalue weighted by Crippen LogP contribution is 2.35. The van der Waals surface area contributed by atoms with Gasteiger partial charge in [0.15, 0.2) is 0 Å². The number of ether oxygens (including phenoxy) is 1. The monoisotopic (exact) mass is 309 g/mol. The lowest BCUT2D eigenvalue weighted by Gasteiger charge is -2.32. The van der Waals surface area contributed by atoms with Crippen LogP contribution in [0.15, 0.2) is 0 Å². The smallest absolute Gasteiger partial charge is 0.137 e. The van der Waals surface area contributed by atoms with Crippen LogP contribution in [0.1, 0.15) is 46.5 Å². The van der Waals surface area contributed by atoms with Gasteiger partial charge in [-0.05, 0) is 50.7 Å². The first-order valence-electron chi connectivity index (χ1n) is 8.37. The highest BCUT2D eigenvalue weighted by molar-refractivity contribution is 6.87. The Labute approximate surface area is 133 Å². The summed E-state index contributed by atoms with van der Waals surface area (Å²) in [5.74, 6) is 4.03. The Bertz CT molecular complexity index is 365. The Morgan fingerprint density at radius 1 is 1.10 bits per heavy atom. The van der Waals surface area contributed by atoms with Gasteiger partial charge in [-0.2, -0.15) is 0 Å². The summed E-state index contributed by atoms with van der Waals surface area (Å²) in [6.45, 7) is 13.1. The van der Waals surface area contributed by atoms with E-state index in [1.165, 1.54) is 25.7 Å². The van der Waals surface area contributed by atoms with Crippen LogP contribution in [0.4, 0.5) is 0 Å². The molecule has 3 heteroatoms. The molecule has 0 unspecified atom stereocenters. The molecule has 0 aromatic rings. The van der Waals surface area contributed by atoms with Crippen molar-refractivity contribution in [3.05, 3.63) is 0 Å². The molecule has 0 atom stereocenters. The molecule has 2 nitrogen and oxygen atoms in total. The van der Waals surface area contributed by atoms with Crippen LogP contribution in [0.3, 0.4) is 0 Å². The van der Waals surface area contributed by atoms with E-state index < -0.39 is 8.07 Å². The van der Waals surface area contributed by atoms with Gasteiger partial charge in [0, 0.05) is 6.04 Å². The number of hydrogen-bond donors (Lipinski definition) is 0. The van der Waals surface area contributed by atoms with E-state index in [1.807, 2.05) is 0 Å². The van der Waals surface area contributed by atoms with Gasteiger partial charge < -0.3 is 9.64 Å². The van der Waals surface area contributed by atoms with Gasteiger partial charge in [0.25, 0.3) is 0 Å². The molecule has 21 heavy (non-hydrogen) atoms. The van der Waals surface area contributed by atoms with Crippen molar-refractivity contribution < 1.29 is 4.74 Å². The second-order valence-electron chi connectivity index (χ2n) is 8.33. The minimum atomic E-state index is -1.46. The molecule has 1 rings (SSSR count). The summed E-state index contributed by atoms with van der Waals surface area (Å²) >= 11 is 0. The highest BCUT2D eigenvalue weighted by Gasteiger charge is 2.33. The first kappa shape index (κ1) is 18.7. The maximum Gasteiger partial charge on any atom is 0.137 e. The molecule has 0 heterocycles. The molecule has 0 amide bonds. The molecule has 122 valence electrons. The van der Waals surface area contributed by atoms with Gasteiger partial charge in [-0.3, -0.25) is 0 Å². The molecule has 0 aromatic carbocycles. The second kappa shape index (κ2) is 7.81. The summed E-state index contributed by atoms with van der Waals surface area (Å²) in [4.78, 5) is 2.36. The summed E-state index contributed by atoms with van der Waals surface area (Å²) in [5.41, 5.74) is 3.52. The molecule has 0 aromatic heterocycles. The standard InChI is InChI=1S/C18H35NOSi/c1-18(2,3)21(6,7)14-8-13-20-15-16-9-11-17(12-10-16)19(4)5/h16-17H,9-13,15H2,1-7H3. The Kier molecular flexibility index (Phi) is 6.97. The molecule has 0 spiro atoms. The third kappa shape index (κ3) is 6.14. The zero-order valence-electron chi connectivity index (χ0n) is 15.3. The number of rotatable bonds is 4. The van der Waals surface area contributed by atoms with Gasteiger partial charge in [-0.25, -0.2) is 0 Å². The lowest BCUT2D eigenvalue weighted by molar-refractivity contribution is 0.0907. The van der Waals surface area contributed by atoms with Crippen LogP contribution in [0.2, 0.25) is 18.1 Å². The summed E-state index contributed by atoms with van der Waals surface area (Å²) in [6, 6.07) is 0.777. The molecule has 0 saturated heterocycles. The summed E-state index contributed by atoms with van der Waals surface area (Å²) in [6.07, 6.45) is 5.24. The molecule has 1 aliphatic rings. The fourth-order valence-corrected chi connectivity index (χ4v) is 3.44. The lowest BCUT2D eigenvalue weighted by atomic mass is 9.86. The zero-order chi connectivity index (χ0) is 16.1. The first-order valence-corrected chi connectivity index (χ1v) is 11.4. The summed E-state index contributed by atoms with van der Waals surface area (Å²) < 4.78 is 5.81. The molecule has 0 aliphatic heterocycles. The normalized spacial score (nSPS) is 23.8. The van der Waals surface area contributed by atoms with Crippen LogP contribution in [-0.4, -0.2) is 46.3 Å². The van der Waals surface area contributed by atoms with Crippen molar-refractivity contribution in [2.24, 2.45) is 5.92 Å². The van der Waals surface area contributed by atoms with E-state index in [9.17, 15) is 0 Å². The molecular weight excluding hydrogens is 274 g/mol. The van der Waals surface area contributed by atoms with E-state index in [2.05, 4.69) is 64.3 Å². The van der Waals surface area contributed by atoms with Gasteiger partial charge >= 0.3 is 0 Å². The van der Waals surface area contributed by atoms with Crippen molar-refractivity contribution in [2.45, 2.75) is 70.6 Å². The van der Waals surface area contributed by atoms with E-state index in [-0.39, 0.29) is 0 Å². The van der Waals surface area contributed by atoms with E-state index in [4.69, 9.17) is 4.74 Å². The SMILES string of the molecule is CN(C)C1CCC(COCC#C[Si](C)(C)C(C)(C)C)CC1. The van der Waals surface area contributed by atoms with Gasteiger partial charge in [0.1, 0.15) is 14.7 Å². The summed E-state index contributed by atoms with van der Waals surface area (Å²) in [5, 5.41) is 0.338. The maximum atomic E-state index is 5.81. The first-order chi connectivity index (χ1) is 9.63. The number of nitrogens with zero attached hydrogens (tertiary/aromatic N) is 1. The Balaban J connectivity index is 2.25. The third-order valence-electron chi connectivity index (χ3n) is 5.35. The molecule has 0 N–H and O–H groups in total. The molecule has 1 saturated carbocycles. The molecule has 0 radical (unpaired) electrons. The van der Waals surface area contributed by atoms with E-state index in [0.29, 0.717) is 11.6 Å². The summed E-state index contributed by atoms with van der Waals surface area (Å²) in [7, 11) is 2.92. The van der Waals surface area contributed by atoms with Gasteiger partial charge in [0.05, 0.1) is 6.61 Å². The van der Waals surface area contributed by atoms with Gasteiger partial charge in [-0.1, -0.05) is 39.8 Å². The Hall–Kier alpha value is -0.303. The van der Waals surface area contributed by atoms with Crippen LogP contribution >= 0.6 is 0 Å². The van der Waals surface area contributed by atoms with Crippen molar-refractivity contribution in [1.82, 2.24) is 4.90 Å². The molecule has 0 bridgehead atoms.